The van der Waals surface area contributed by atoms with Gasteiger partial charge in [0.2, 0.25) is 0 Å². The van der Waals surface area contributed by atoms with Gasteiger partial charge in [-0.25, -0.2) is 9.36 Å². The summed E-state index contributed by atoms with van der Waals surface area (Å²) in [5.41, 5.74) is 6.53. The number of azide groups is 1. The van der Waals surface area contributed by atoms with Crippen molar-refractivity contribution in [3.05, 3.63) is 37.3 Å². The minimum atomic E-state index is -4.85. The van der Waals surface area contributed by atoms with E-state index in [0.29, 0.717) is 4.57 Å². The summed E-state index contributed by atoms with van der Waals surface area (Å²) in [5.74, 6) is -0.487. The van der Waals surface area contributed by atoms with E-state index in [9.17, 15) is 24.4 Å². The van der Waals surface area contributed by atoms with E-state index in [1.807, 2.05) is 4.98 Å². The van der Waals surface area contributed by atoms with Crippen molar-refractivity contribution in [2.75, 3.05) is 6.61 Å². The van der Waals surface area contributed by atoms with Gasteiger partial charge in [0.1, 0.15) is 24.1 Å². The standard InChI is InChI=1S/C9H12N5O9P/c10-13-12-4-1-5(15)11-9(18)14(4)8-7(17)6(16)3(23-8)2-22-24(19,20)21/h1,3,6-8,16-17H,2H2,(H,11,15,18)(H2,19,20,21)/t3-,6+,7?,8-/m1/s1. The quantitative estimate of drug-likeness (QED) is 0.172. The zero-order valence-corrected chi connectivity index (χ0v) is 12.6. The highest BCUT2D eigenvalue weighted by atomic mass is 31.2. The number of hydrogen-bond donors (Lipinski definition) is 5. The van der Waals surface area contributed by atoms with E-state index in [1.165, 1.54) is 0 Å². The van der Waals surface area contributed by atoms with Crippen LogP contribution in [0.3, 0.4) is 0 Å². The van der Waals surface area contributed by atoms with Gasteiger partial charge in [-0.3, -0.25) is 18.9 Å². The van der Waals surface area contributed by atoms with Crippen molar-refractivity contribution in [1.29, 1.82) is 0 Å². The second-order valence-corrected chi connectivity index (χ2v) is 5.93. The van der Waals surface area contributed by atoms with Crippen LogP contribution in [0.2, 0.25) is 0 Å². The highest BCUT2D eigenvalue weighted by Crippen LogP contribution is 2.38. The maximum atomic E-state index is 11.9. The Morgan fingerprint density at radius 2 is 2.08 bits per heavy atom. The van der Waals surface area contributed by atoms with Crippen molar-refractivity contribution < 1.29 is 33.8 Å². The predicted molar refractivity (Wildman–Crippen MR) is 74.0 cm³/mol. The molecule has 0 radical (unpaired) electrons. The van der Waals surface area contributed by atoms with Crippen LogP contribution in [0.1, 0.15) is 6.23 Å². The summed E-state index contributed by atoms with van der Waals surface area (Å²) in [5, 5.41) is 23.0. The number of aliphatic hydroxyl groups is 2. The number of rotatable bonds is 5. The van der Waals surface area contributed by atoms with Gasteiger partial charge in [-0.1, -0.05) is 0 Å². The first-order valence-electron chi connectivity index (χ1n) is 6.26. The van der Waals surface area contributed by atoms with E-state index in [2.05, 4.69) is 14.5 Å². The average Bonchev–Trinajstić information content (AvgIpc) is 2.72. The molecule has 1 aliphatic rings. The second kappa shape index (κ2) is 6.84. The smallest absolute Gasteiger partial charge is 0.387 e. The SMILES string of the molecule is [N-]=[N+]=Nc1cc(=O)[nH]c(=O)n1[C@@H]1O[C@H](COP(=O)(O)O)[C@H](O)C1O. The number of phosphoric ester groups is 1. The number of H-pyrrole nitrogens is 1. The van der Waals surface area contributed by atoms with Crippen LogP contribution in [0.4, 0.5) is 5.82 Å². The summed E-state index contributed by atoms with van der Waals surface area (Å²) in [6.07, 6.45) is -6.38. The lowest BCUT2D eigenvalue weighted by molar-refractivity contribution is -0.0534. The fourth-order valence-electron chi connectivity index (χ4n) is 2.11. The molecule has 0 bridgehead atoms. The molecule has 1 saturated heterocycles. The maximum Gasteiger partial charge on any atom is 0.469 e. The first-order valence-corrected chi connectivity index (χ1v) is 7.79. The third-order valence-corrected chi connectivity index (χ3v) is 3.59. The van der Waals surface area contributed by atoms with Gasteiger partial charge < -0.3 is 24.7 Å². The summed E-state index contributed by atoms with van der Waals surface area (Å²) < 4.78 is 20.6. The largest absolute Gasteiger partial charge is 0.469 e. The monoisotopic (exact) mass is 365 g/mol. The number of aromatic nitrogens is 2. The Morgan fingerprint density at radius 1 is 1.42 bits per heavy atom. The molecule has 14 nitrogen and oxygen atoms in total. The average molecular weight is 365 g/mol. The summed E-state index contributed by atoms with van der Waals surface area (Å²) in [7, 11) is -4.85. The minimum Gasteiger partial charge on any atom is -0.387 e. The van der Waals surface area contributed by atoms with Crippen LogP contribution < -0.4 is 11.2 Å². The van der Waals surface area contributed by atoms with Crippen molar-refractivity contribution in [2.45, 2.75) is 24.5 Å². The molecule has 1 aromatic heterocycles. The first kappa shape index (κ1) is 18.3. The molecule has 2 rings (SSSR count). The Kier molecular flexibility index (Phi) is 5.22. The number of ether oxygens (including phenoxy) is 1. The molecule has 4 atom stereocenters. The zero-order valence-electron chi connectivity index (χ0n) is 11.7. The molecule has 5 N–H and O–H groups in total. The van der Waals surface area contributed by atoms with Crippen molar-refractivity contribution in [1.82, 2.24) is 9.55 Å². The third kappa shape index (κ3) is 3.90. The number of phosphoric acid groups is 1. The molecule has 0 saturated carbocycles. The lowest BCUT2D eigenvalue weighted by atomic mass is 10.1. The van der Waals surface area contributed by atoms with Crippen LogP contribution in [-0.2, 0) is 13.8 Å². The van der Waals surface area contributed by atoms with Gasteiger partial charge >= 0.3 is 13.5 Å². The summed E-state index contributed by atoms with van der Waals surface area (Å²) >= 11 is 0. The Morgan fingerprint density at radius 3 is 2.67 bits per heavy atom. The van der Waals surface area contributed by atoms with Gasteiger partial charge in [0.05, 0.1) is 6.61 Å². The maximum absolute atomic E-state index is 11.9. The van der Waals surface area contributed by atoms with Gasteiger partial charge in [-0.05, 0) is 10.6 Å². The van der Waals surface area contributed by atoms with Crippen molar-refractivity contribution >= 4 is 13.6 Å². The topological polar surface area (TPSA) is 220 Å². The fourth-order valence-corrected chi connectivity index (χ4v) is 2.45. The lowest BCUT2D eigenvalue weighted by Crippen LogP contribution is -2.38. The molecule has 1 unspecified atom stereocenters. The van der Waals surface area contributed by atoms with E-state index < -0.39 is 56.0 Å². The molecule has 15 heteroatoms. The number of nitrogens with zero attached hydrogens (tertiary/aromatic N) is 4. The van der Waals surface area contributed by atoms with Crippen LogP contribution in [0.15, 0.2) is 20.8 Å². The number of aromatic amines is 1. The van der Waals surface area contributed by atoms with Crippen molar-refractivity contribution in [2.24, 2.45) is 5.11 Å². The van der Waals surface area contributed by atoms with E-state index in [1.54, 1.807) is 0 Å². The zero-order chi connectivity index (χ0) is 18.1. The Hall–Kier alpha value is -2.02. The number of nitrogens with one attached hydrogen (secondary N) is 1. The van der Waals surface area contributed by atoms with Gasteiger partial charge in [0.25, 0.3) is 5.56 Å². The Labute approximate surface area is 131 Å². The molecule has 0 aromatic carbocycles. The summed E-state index contributed by atoms with van der Waals surface area (Å²) in [4.78, 5) is 44.7. The molecule has 132 valence electrons. The minimum absolute atomic E-state index is 0.487. The third-order valence-electron chi connectivity index (χ3n) is 3.10. The van der Waals surface area contributed by atoms with E-state index in [4.69, 9.17) is 20.1 Å². The molecule has 1 aromatic rings. The van der Waals surface area contributed by atoms with Crippen LogP contribution in [0, 0.1) is 0 Å². The molecule has 1 aliphatic heterocycles. The number of aliphatic hydroxyl groups excluding tert-OH is 2. The van der Waals surface area contributed by atoms with E-state index >= 15 is 0 Å². The van der Waals surface area contributed by atoms with Crippen LogP contribution >= 0.6 is 7.82 Å². The molecular formula is C9H12N5O9P. The van der Waals surface area contributed by atoms with Crippen LogP contribution in [0.5, 0.6) is 0 Å². The molecule has 0 amide bonds. The van der Waals surface area contributed by atoms with Gasteiger partial charge in [-0.2, -0.15) is 0 Å². The molecular weight excluding hydrogens is 353 g/mol. The predicted octanol–water partition coefficient (Wildman–Crippen LogP) is -1.79. The Balaban J connectivity index is 2.36. The summed E-state index contributed by atoms with van der Waals surface area (Å²) in [6.45, 7) is -0.784. The van der Waals surface area contributed by atoms with Gasteiger partial charge in [0.15, 0.2) is 6.23 Å². The van der Waals surface area contributed by atoms with Gasteiger partial charge in [-0.15, -0.1) is 0 Å². The fraction of sp³-hybridized carbons (Fsp3) is 0.556. The second-order valence-electron chi connectivity index (χ2n) is 4.69. The molecule has 1 fully saturated rings. The number of hydrogen-bond acceptors (Lipinski definition) is 8. The first-order chi connectivity index (χ1) is 11.1. The normalized spacial score (nSPS) is 27.0. The molecule has 2 heterocycles. The molecule has 0 spiro atoms. The van der Waals surface area contributed by atoms with Crippen LogP contribution in [0.25, 0.3) is 10.4 Å². The van der Waals surface area contributed by atoms with Crippen molar-refractivity contribution in [3.63, 3.8) is 0 Å². The van der Waals surface area contributed by atoms with E-state index in [0.717, 1.165) is 6.07 Å². The lowest BCUT2D eigenvalue weighted by Gasteiger charge is -2.19. The van der Waals surface area contributed by atoms with Gasteiger partial charge in [0, 0.05) is 11.0 Å². The Bertz CT molecular complexity index is 823. The molecule has 0 aliphatic carbocycles. The highest BCUT2D eigenvalue weighted by Gasteiger charge is 2.45. The van der Waals surface area contributed by atoms with Crippen LogP contribution in [-0.4, -0.2) is 54.5 Å². The summed E-state index contributed by atoms with van der Waals surface area (Å²) in [6, 6.07) is 0.767. The van der Waals surface area contributed by atoms with Crippen molar-refractivity contribution in [3.8, 4) is 0 Å². The molecule has 24 heavy (non-hydrogen) atoms. The highest BCUT2D eigenvalue weighted by molar-refractivity contribution is 7.46. The van der Waals surface area contributed by atoms with E-state index in [-0.39, 0.29) is 0 Å².